The second-order valence-electron chi connectivity index (χ2n) is 26.1. The number of rotatable bonds is 27. The molecule has 5 aliphatic rings. The van der Waals surface area contributed by atoms with Gasteiger partial charge in [0.2, 0.25) is 17.7 Å². The van der Waals surface area contributed by atoms with E-state index in [1.807, 2.05) is 6.07 Å². The molecule has 4 saturated carbocycles. The largest absolute Gasteiger partial charge is 0.480 e. The summed E-state index contributed by atoms with van der Waals surface area (Å²) in [6.45, 7) is 19.2. The number of nitrogens with zero attached hydrogens (tertiary/aromatic N) is 4. The number of carbonyl (C=O) groups is 7. The molecule has 2 aromatic rings. The van der Waals surface area contributed by atoms with E-state index in [2.05, 4.69) is 43.3 Å². The highest BCUT2D eigenvalue weighted by Gasteiger charge is 2.62. The van der Waals surface area contributed by atoms with Gasteiger partial charge in [0.1, 0.15) is 17.9 Å². The number of hydrogen-bond donors (Lipinski definition) is 4. The number of amides is 4. The number of benzene rings is 1. The van der Waals surface area contributed by atoms with Crippen molar-refractivity contribution in [1.29, 1.82) is 5.26 Å². The van der Waals surface area contributed by atoms with E-state index in [1.165, 1.54) is 53.2 Å². The standard InChI is InChI=1S/C64H92N6O12S/c1-38-20-23-63(8)43(33-38)34-50(71)56-46-17-16-45(64(46,9)24-21-47(56)63)39(2)14-19-53(73)67-49(60(77)78)13-11-12-25-66-52(72)22-29-80-31-32-81-30-28-70(61(79)82-44-15-18-48-51(35-44)83-54(37-65)68-48)27-26-69(10)55(74)36-62(6,7)57-42(5)58(75)40(3)41(4)59(57)76/h15,18,35,38-39,43,45-47,49-50,56,71H,11-14,16-17,19-34,36H2,1-10H3,(H,66,72)(H,67,73)(H,77,78)/t38-,39-,43+,45-,46+,47+,49?,50+,56+,63+,64-/m1/s1. The third-order valence-electron chi connectivity index (χ3n) is 20.3. The number of fused-ring (bicyclic) bond motifs is 6. The zero-order valence-electron chi connectivity index (χ0n) is 50.9. The van der Waals surface area contributed by atoms with E-state index in [0.29, 0.717) is 99.2 Å². The van der Waals surface area contributed by atoms with E-state index in [9.17, 15) is 49.0 Å². The van der Waals surface area contributed by atoms with Gasteiger partial charge in [-0.3, -0.25) is 24.0 Å². The molecule has 0 radical (unpaired) electrons. The van der Waals surface area contributed by atoms with Crippen molar-refractivity contribution >= 4 is 62.9 Å². The maximum absolute atomic E-state index is 13.6. The Kier molecular flexibility index (Phi) is 22.0. The molecule has 0 spiro atoms. The fourth-order valence-corrected chi connectivity index (χ4v) is 16.1. The molecule has 4 amide bonds. The lowest BCUT2D eigenvalue weighted by Gasteiger charge is -2.62. The van der Waals surface area contributed by atoms with E-state index in [0.717, 1.165) is 25.2 Å². The van der Waals surface area contributed by atoms with E-state index in [4.69, 9.17) is 14.2 Å². The Morgan fingerprint density at radius 3 is 2.29 bits per heavy atom. The Balaban J connectivity index is 0.776. The Hall–Kier alpha value is -5.55. The Morgan fingerprint density at radius 1 is 0.867 bits per heavy atom. The minimum absolute atomic E-state index is 0.0528. The van der Waals surface area contributed by atoms with E-state index in [-0.39, 0.29) is 123 Å². The number of hydrogen-bond acceptors (Lipinski definition) is 14. The summed E-state index contributed by atoms with van der Waals surface area (Å²) < 4.78 is 17.8. The minimum atomic E-state index is -1.08. The minimum Gasteiger partial charge on any atom is -0.480 e. The molecule has 1 aromatic carbocycles. The first-order chi connectivity index (χ1) is 39.3. The summed E-state index contributed by atoms with van der Waals surface area (Å²) in [6, 6.07) is 5.88. The number of Topliss-reactive ketones (excluding diaryl/α,β-unsaturated/α-hetero) is 2. The molecule has 1 unspecified atom stereocenters. The van der Waals surface area contributed by atoms with E-state index < -0.39 is 23.5 Å². The summed E-state index contributed by atoms with van der Waals surface area (Å²) in [6.07, 6.45) is 10.7. The maximum atomic E-state index is 13.6. The van der Waals surface area contributed by atoms with Crippen LogP contribution in [0.4, 0.5) is 4.79 Å². The molecular weight excluding hydrogens is 1080 g/mol. The van der Waals surface area contributed by atoms with Gasteiger partial charge in [-0.15, -0.1) is 11.3 Å². The van der Waals surface area contributed by atoms with Crippen LogP contribution in [0, 0.1) is 69.0 Å². The average Bonchev–Trinajstić information content (AvgIpc) is 4.28. The number of aromatic nitrogens is 1. The van der Waals surface area contributed by atoms with Crippen LogP contribution >= 0.6 is 11.3 Å². The number of carboxylic acids is 1. The van der Waals surface area contributed by atoms with E-state index in [1.54, 1.807) is 59.9 Å². The van der Waals surface area contributed by atoms with Crippen LogP contribution in [0.15, 0.2) is 40.5 Å². The lowest BCUT2D eigenvalue weighted by Crippen LogP contribution is -2.58. The van der Waals surface area contributed by atoms with Gasteiger partial charge in [-0.2, -0.15) is 5.26 Å². The fraction of sp³-hybridized carbons (Fsp3) is 0.703. The van der Waals surface area contributed by atoms with Gasteiger partial charge >= 0.3 is 12.1 Å². The number of likely N-dealkylation sites (N-methyl/N-ethyl adjacent to an activating group) is 1. The lowest BCUT2D eigenvalue weighted by molar-refractivity contribution is -0.168. The van der Waals surface area contributed by atoms with Gasteiger partial charge in [0.05, 0.1) is 42.7 Å². The second-order valence-corrected chi connectivity index (χ2v) is 27.1. The Labute approximate surface area is 494 Å². The number of aliphatic hydroxyl groups is 1. The quantitative estimate of drug-likeness (QED) is 0.0480. The third-order valence-corrected chi connectivity index (χ3v) is 21.2. The van der Waals surface area contributed by atoms with Crippen LogP contribution in [-0.4, -0.2) is 138 Å². The summed E-state index contributed by atoms with van der Waals surface area (Å²) in [4.78, 5) is 98.7. The molecule has 11 atom stereocenters. The molecule has 83 heavy (non-hydrogen) atoms. The normalized spacial score (nSPS) is 26.8. The highest BCUT2D eigenvalue weighted by molar-refractivity contribution is 7.19. The molecule has 18 nitrogen and oxygen atoms in total. The van der Waals surface area contributed by atoms with E-state index >= 15 is 0 Å². The van der Waals surface area contributed by atoms with Crippen molar-refractivity contribution in [2.75, 3.05) is 59.7 Å². The summed E-state index contributed by atoms with van der Waals surface area (Å²) in [5.41, 5.74) is 1.55. The summed E-state index contributed by atoms with van der Waals surface area (Å²) in [5.74, 6) is 1.54. The van der Waals surface area contributed by atoms with Crippen molar-refractivity contribution in [3.8, 4) is 11.8 Å². The molecule has 0 aliphatic heterocycles. The molecule has 7 rings (SSSR count). The van der Waals surface area contributed by atoms with Crippen LogP contribution in [-0.2, 0) is 38.2 Å². The van der Waals surface area contributed by atoms with Crippen molar-refractivity contribution in [3.05, 3.63) is 45.5 Å². The number of ketones is 2. The highest BCUT2D eigenvalue weighted by atomic mass is 32.1. The number of carbonyl (C=O) groups excluding carboxylic acids is 6. The molecule has 0 saturated heterocycles. The monoisotopic (exact) mass is 1170 g/mol. The fourth-order valence-electron chi connectivity index (χ4n) is 15.3. The van der Waals surface area contributed by atoms with Gasteiger partial charge in [-0.25, -0.2) is 14.6 Å². The zero-order valence-corrected chi connectivity index (χ0v) is 51.7. The first-order valence-electron chi connectivity index (χ1n) is 30.4. The Bertz CT molecular complexity index is 2840. The number of carboxylic acid groups (broad SMARTS) is 1. The summed E-state index contributed by atoms with van der Waals surface area (Å²) in [7, 11) is 1.61. The lowest BCUT2D eigenvalue weighted by atomic mass is 9.43. The topological polar surface area (TPSA) is 255 Å². The average molecular weight is 1170 g/mol. The number of nitrogens with one attached hydrogen (secondary N) is 2. The zero-order chi connectivity index (χ0) is 60.6. The molecule has 1 heterocycles. The third kappa shape index (κ3) is 15.3. The molecule has 19 heteroatoms. The van der Waals surface area contributed by atoms with Crippen LogP contribution in [0.2, 0.25) is 0 Å². The number of aliphatic carboxylic acids is 1. The number of unbranched alkanes of at least 4 members (excludes halogenated alkanes) is 1. The van der Waals surface area contributed by atoms with Crippen LogP contribution in [0.25, 0.3) is 10.2 Å². The number of ether oxygens (including phenoxy) is 3. The van der Waals surface area contributed by atoms with Gasteiger partial charge in [-0.1, -0.05) is 48.0 Å². The van der Waals surface area contributed by atoms with Crippen molar-refractivity contribution in [2.24, 2.45) is 57.7 Å². The predicted molar refractivity (Wildman–Crippen MR) is 316 cm³/mol. The molecule has 5 aliphatic carbocycles. The maximum Gasteiger partial charge on any atom is 0.415 e. The van der Waals surface area contributed by atoms with Gasteiger partial charge in [-0.05, 0) is 156 Å². The predicted octanol–water partition coefficient (Wildman–Crippen LogP) is 9.61. The van der Waals surface area contributed by atoms with Crippen molar-refractivity contribution in [1.82, 2.24) is 25.4 Å². The van der Waals surface area contributed by atoms with Crippen molar-refractivity contribution in [2.45, 2.75) is 171 Å². The van der Waals surface area contributed by atoms with Crippen molar-refractivity contribution < 1.29 is 58.0 Å². The van der Waals surface area contributed by atoms with Crippen LogP contribution in [0.1, 0.15) is 164 Å². The number of allylic oxidation sites excluding steroid dienone is 4. The van der Waals surface area contributed by atoms with Crippen LogP contribution in [0.5, 0.6) is 5.75 Å². The molecular formula is C64H92N6O12S. The van der Waals surface area contributed by atoms with Gasteiger partial charge in [0, 0.05) is 86.3 Å². The molecule has 1 aromatic heterocycles. The molecule has 4 fully saturated rings. The molecule has 4 N–H and O–H groups in total. The molecule has 0 bridgehead atoms. The second kappa shape index (κ2) is 28.1. The van der Waals surface area contributed by atoms with Gasteiger partial charge in [0.25, 0.3) is 0 Å². The smallest absolute Gasteiger partial charge is 0.415 e. The first kappa shape index (κ1) is 65.0. The SMILES string of the molecule is CC1=C(C)C(=O)C(C(C)(C)CC(=O)N(C)CCN(CCOCCOCCC(=O)NCCCCC(NC(=O)CC[C@@H](C)[C@H]2CC[C@H]3[C@@H]4[C@@H](O)C[C@@H]5C[C@H](C)CC[C@]5(C)[C@H]4CC[C@]23C)C(=O)O)C(=O)Oc2ccc3nc(C#N)sc3c2)=C(C)C1=O. The van der Waals surface area contributed by atoms with Crippen molar-refractivity contribution in [3.63, 3.8) is 0 Å². The van der Waals surface area contributed by atoms with Gasteiger partial charge in [0.15, 0.2) is 16.6 Å². The van der Waals surface area contributed by atoms with Crippen LogP contribution in [0.3, 0.4) is 0 Å². The highest BCUT2D eigenvalue weighted by Crippen LogP contribution is 2.68. The summed E-state index contributed by atoms with van der Waals surface area (Å²) >= 11 is 1.17. The molecule has 456 valence electrons. The number of nitriles is 1. The number of thiazole rings is 1. The van der Waals surface area contributed by atoms with Gasteiger partial charge < -0.3 is 44.9 Å². The summed E-state index contributed by atoms with van der Waals surface area (Å²) in [5, 5.41) is 36.9. The first-order valence-corrected chi connectivity index (χ1v) is 31.2. The van der Waals surface area contributed by atoms with Crippen LogP contribution < -0.4 is 15.4 Å². The number of aliphatic hydroxyl groups excluding tert-OH is 1. The Morgan fingerprint density at radius 2 is 1.57 bits per heavy atom.